The molecule has 0 saturated heterocycles. The van der Waals surface area contributed by atoms with Crippen molar-refractivity contribution in [3.8, 4) is 0 Å². The summed E-state index contributed by atoms with van der Waals surface area (Å²) < 4.78 is 54.2. The molecule has 1 aromatic carbocycles. The topological polar surface area (TPSA) is 63.3 Å². The van der Waals surface area contributed by atoms with Gasteiger partial charge in [-0.25, -0.2) is 9.37 Å². The number of fused-ring (bicyclic) bond motifs is 3. The monoisotopic (exact) mass is 388 g/mol. The van der Waals surface area contributed by atoms with Crippen molar-refractivity contribution >= 4 is 28.4 Å². The maximum atomic E-state index is 13.6. The van der Waals surface area contributed by atoms with Gasteiger partial charge in [-0.05, 0) is 30.7 Å². The summed E-state index contributed by atoms with van der Waals surface area (Å²) in [6.07, 6.45) is -1.36. The van der Waals surface area contributed by atoms with Gasteiger partial charge in [0.2, 0.25) is 5.82 Å². The van der Waals surface area contributed by atoms with E-state index in [0.717, 1.165) is 42.2 Å². The molecule has 2 heterocycles. The van der Waals surface area contributed by atoms with Gasteiger partial charge in [0, 0.05) is 12.7 Å². The number of aliphatic hydroxyl groups excluding tert-OH is 1. The van der Waals surface area contributed by atoms with E-state index >= 15 is 0 Å². The lowest BCUT2D eigenvalue weighted by Gasteiger charge is -2.10. The average Bonchev–Trinajstić information content (AvgIpc) is 3.04. The van der Waals surface area contributed by atoms with Gasteiger partial charge in [0.25, 0.3) is 0 Å². The van der Waals surface area contributed by atoms with Crippen LogP contribution < -0.4 is 0 Å². The van der Waals surface area contributed by atoms with Gasteiger partial charge < -0.3 is 5.11 Å². The molecule has 0 atom stereocenters. The van der Waals surface area contributed by atoms with Gasteiger partial charge in [0.15, 0.2) is 5.65 Å². The molecule has 0 aliphatic carbocycles. The summed E-state index contributed by atoms with van der Waals surface area (Å²) in [4.78, 5) is 4.34. The average molecular weight is 388 g/mol. The highest BCUT2D eigenvalue weighted by atomic mass is 32.2. The van der Waals surface area contributed by atoms with Gasteiger partial charge in [-0.2, -0.15) is 13.2 Å². The van der Waals surface area contributed by atoms with E-state index in [2.05, 4.69) is 15.2 Å². The fraction of sp³-hybridized carbons (Fsp3) is 0.438. The second-order valence-corrected chi connectivity index (χ2v) is 6.80. The molecule has 0 bridgehead atoms. The molecular formula is C16H16F4N4OS. The predicted octanol–water partition coefficient (Wildman–Crippen LogP) is 4.08. The fourth-order valence-electron chi connectivity index (χ4n) is 2.60. The Kier molecular flexibility index (Phi) is 5.61. The maximum Gasteiger partial charge on any atom is 0.452 e. The zero-order valence-corrected chi connectivity index (χ0v) is 14.4. The largest absolute Gasteiger partial charge is 0.452 e. The molecular weight excluding hydrogens is 372 g/mol. The van der Waals surface area contributed by atoms with Crippen molar-refractivity contribution in [1.82, 2.24) is 19.6 Å². The molecule has 0 fully saturated rings. The number of benzene rings is 1. The first-order chi connectivity index (χ1) is 12.4. The van der Waals surface area contributed by atoms with Crippen molar-refractivity contribution in [3.05, 3.63) is 29.8 Å². The SMILES string of the molecule is OCCCCCCSc1nc2ccc(F)cc2n2c(C(F)(F)F)nnc12. The number of hydrogen-bond acceptors (Lipinski definition) is 5. The van der Waals surface area contributed by atoms with E-state index in [4.69, 9.17) is 5.11 Å². The Hall–Kier alpha value is -1.94. The van der Waals surface area contributed by atoms with Crippen LogP contribution in [0.1, 0.15) is 31.5 Å². The molecule has 0 spiro atoms. The van der Waals surface area contributed by atoms with Crippen LogP contribution in [0.3, 0.4) is 0 Å². The van der Waals surface area contributed by atoms with E-state index in [-0.39, 0.29) is 23.3 Å². The van der Waals surface area contributed by atoms with Crippen LogP contribution in [0.5, 0.6) is 0 Å². The molecule has 0 aliphatic heterocycles. The first-order valence-electron chi connectivity index (χ1n) is 8.07. The van der Waals surface area contributed by atoms with E-state index in [1.807, 2.05) is 0 Å². The Morgan fingerprint density at radius 3 is 2.58 bits per heavy atom. The number of aromatic nitrogens is 4. The minimum Gasteiger partial charge on any atom is -0.396 e. The lowest BCUT2D eigenvalue weighted by Crippen LogP contribution is -2.12. The minimum absolute atomic E-state index is 0.0235. The number of halogens is 4. The summed E-state index contributed by atoms with van der Waals surface area (Å²) in [7, 11) is 0. The molecule has 0 amide bonds. The summed E-state index contributed by atoms with van der Waals surface area (Å²) in [6, 6.07) is 3.50. The van der Waals surface area contributed by atoms with Gasteiger partial charge in [0.05, 0.1) is 11.0 Å². The summed E-state index contributed by atoms with van der Waals surface area (Å²) in [5, 5.41) is 16.0. The number of nitrogens with zero attached hydrogens (tertiary/aromatic N) is 4. The molecule has 0 unspecified atom stereocenters. The molecule has 2 aromatic heterocycles. The highest BCUT2D eigenvalue weighted by Gasteiger charge is 2.38. The van der Waals surface area contributed by atoms with Gasteiger partial charge >= 0.3 is 6.18 Å². The first kappa shape index (κ1) is 18.8. The van der Waals surface area contributed by atoms with Crippen LogP contribution in [0.4, 0.5) is 17.6 Å². The third-order valence-corrected chi connectivity index (χ3v) is 4.84. The third kappa shape index (κ3) is 3.90. The summed E-state index contributed by atoms with van der Waals surface area (Å²) >= 11 is 1.29. The standard InChI is InChI=1S/C16H16F4N4OS/c17-10-5-6-11-12(9-10)24-13(22-23-15(24)16(18,19)20)14(21-11)26-8-4-2-1-3-7-25/h5-6,9,25H,1-4,7-8H2. The van der Waals surface area contributed by atoms with E-state index in [1.54, 1.807) is 0 Å². The third-order valence-electron chi connectivity index (χ3n) is 3.80. The Balaban J connectivity index is 1.98. The number of alkyl halides is 3. The Morgan fingerprint density at radius 1 is 1.08 bits per heavy atom. The van der Waals surface area contributed by atoms with Crippen molar-refractivity contribution in [1.29, 1.82) is 0 Å². The fourth-order valence-corrected chi connectivity index (χ4v) is 3.56. The number of rotatable bonds is 7. The number of thioether (sulfide) groups is 1. The molecule has 3 rings (SSSR count). The highest BCUT2D eigenvalue weighted by Crippen LogP contribution is 2.33. The number of aliphatic hydroxyl groups is 1. The van der Waals surface area contributed by atoms with E-state index in [1.165, 1.54) is 17.8 Å². The van der Waals surface area contributed by atoms with E-state index in [0.29, 0.717) is 10.8 Å². The molecule has 0 radical (unpaired) electrons. The maximum absolute atomic E-state index is 13.6. The smallest absolute Gasteiger partial charge is 0.396 e. The molecule has 10 heteroatoms. The van der Waals surface area contributed by atoms with Crippen LogP contribution in [0.25, 0.3) is 16.7 Å². The molecule has 0 saturated carbocycles. The summed E-state index contributed by atoms with van der Waals surface area (Å²) in [6.45, 7) is 0.149. The second kappa shape index (κ2) is 7.75. The summed E-state index contributed by atoms with van der Waals surface area (Å²) in [5.74, 6) is -1.21. The second-order valence-electron chi connectivity index (χ2n) is 5.72. The number of hydrogen-bond donors (Lipinski definition) is 1. The quantitative estimate of drug-likeness (QED) is 0.375. The molecule has 1 N–H and O–H groups in total. The van der Waals surface area contributed by atoms with Gasteiger partial charge in [0.1, 0.15) is 10.8 Å². The van der Waals surface area contributed by atoms with Crippen molar-refractivity contribution in [2.24, 2.45) is 0 Å². The molecule has 5 nitrogen and oxygen atoms in total. The van der Waals surface area contributed by atoms with E-state index < -0.39 is 17.8 Å². The van der Waals surface area contributed by atoms with Gasteiger partial charge in [-0.1, -0.05) is 12.8 Å². The zero-order chi connectivity index (χ0) is 18.7. The molecule has 3 aromatic rings. The lowest BCUT2D eigenvalue weighted by molar-refractivity contribution is -0.145. The van der Waals surface area contributed by atoms with E-state index in [9.17, 15) is 17.6 Å². The Bertz CT molecular complexity index is 913. The van der Waals surface area contributed by atoms with Crippen LogP contribution >= 0.6 is 11.8 Å². The summed E-state index contributed by atoms with van der Waals surface area (Å²) in [5.41, 5.74) is 0.187. The molecule has 26 heavy (non-hydrogen) atoms. The van der Waals surface area contributed by atoms with Crippen LogP contribution in [-0.2, 0) is 6.18 Å². The number of unbranched alkanes of at least 4 members (excludes halogenated alkanes) is 3. The highest BCUT2D eigenvalue weighted by molar-refractivity contribution is 7.99. The first-order valence-corrected chi connectivity index (χ1v) is 9.05. The Morgan fingerprint density at radius 2 is 1.85 bits per heavy atom. The minimum atomic E-state index is -4.72. The predicted molar refractivity (Wildman–Crippen MR) is 89.5 cm³/mol. The van der Waals surface area contributed by atoms with Crippen LogP contribution in [0, 0.1) is 5.82 Å². The van der Waals surface area contributed by atoms with Gasteiger partial charge in [-0.3, -0.25) is 4.40 Å². The van der Waals surface area contributed by atoms with Crippen LogP contribution in [0.15, 0.2) is 23.2 Å². The lowest BCUT2D eigenvalue weighted by atomic mass is 10.2. The van der Waals surface area contributed by atoms with Crippen molar-refractivity contribution in [2.75, 3.05) is 12.4 Å². The molecule has 140 valence electrons. The van der Waals surface area contributed by atoms with Crippen molar-refractivity contribution in [3.63, 3.8) is 0 Å². The zero-order valence-electron chi connectivity index (χ0n) is 13.6. The van der Waals surface area contributed by atoms with Gasteiger partial charge in [-0.15, -0.1) is 22.0 Å². The molecule has 0 aliphatic rings. The van der Waals surface area contributed by atoms with Crippen molar-refractivity contribution < 1.29 is 22.7 Å². The normalized spacial score (nSPS) is 12.3. The van der Waals surface area contributed by atoms with Crippen molar-refractivity contribution in [2.45, 2.75) is 36.9 Å². The van der Waals surface area contributed by atoms with Crippen LogP contribution in [0.2, 0.25) is 0 Å². The Labute approximate surface area is 150 Å². The van der Waals surface area contributed by atoms with Crippen LogP contribution in [-0.4, -0.2) is 37.0 Å².